The first kappa shape index (κ1) is 22.7. The molecule has 5 nitrogen and oxygen atoms in total. The molecule has 3 aromatic rings. The van der Waals surface area contributed by atoms with Gasteiger partial charge in [-0.2, -0.15) is 0 Å². The Kier molecular flexibility index (Phi) is 6.87. The largest absolute Gasteiger partial charge is 0.489 e. The summed E-state index contributed by atoms with van der Waals surface area (Å²) in [7, 11) is 0. The van der Waals surface area contributed by atoms with E-state index in [1.54, 1.807) is 0 Å². The van der Waals surface area contributed by atoms with Crippen molar-refractivity contribution in [3.8, 4) is 23.0 Å². The van der Waals surface area contributed by atoms with Crippen LogP contribution in [0.25, 0.3) is 0 Å². The van der Waals surface area contributed by atoms with Crippen molar-refractivity contribution in [1.82, 2.24) is 0 Å². The van der Waals surface area contributed by atoms with Gasteiger partial charge < -0.3 is 9.47 Å². The molecule has 1 aliphatic carbocycles. The molecule has 0 aliphatic heterocycles. The SMILES string of the molecule is CC(=O)OOc1cc(C)c(Oc2ccc(OCc3ccccc3)c(C(C)C)c2)c2c1CCC2. The van der Waals surface area contributed by atoms with Gasteiger partial charge in [-0.15, -0.1) is 0 Å². The molecule has 0 atom stereocenters. The van der Waals surface area contributed by atoms with Crippen LogP contribution in [0.2, 0.25) is 0 Å². The standard InChI is InChI=1S/C28H30O5/c1-18(2)25-16-22(13-14-26(25)30-17-21-9-6-5-7-10-21)31-28-19(3)15-27(33-32-20(4)29)23-11-8-12-24(23)28/h5-7,9-10,13-16,18H,8,11-12,17H2,1-4H3. The summed E-state index contributed by atoms with van der Waals surface area (Å²) in [5.41, 5.74) is 5.34. The molecular weight excluding hydrogens is 416 g/mol. The number of hydrogen-bond donors (Lipinski definition) is 0. The van der Waals surface area contributed by atoms with E-state index in [2.05, 4.69) is 32.0 Å². The number of carbonyl (C=O) groups excluding carboxylic acids is 1. The topological polar surface area (TPSA) is 54.0 Å². The molecule has 0 saturated heterocycles. The number of ether oxygens (including phenoxy) is 2. The van der Waals surface area contributed by atoms with Crippen LogP contribution in [0.4, 0.5) is 0 Å². The zero-order valence-corrected chi connectivity index (χ0v) is 19.6. The molecule has 5 heteroatoms. The van der Waals surface area contributed by atoms with E-state index in [0.29, 0.717) is 12.4 Å². The molecule has 1 aliphatic rings. The lowest BCUT2D eigenvalue weighted by atomic mass is 10.0. The zero-order chi connectivity index (χ0) is 23.4. The summed E-state index contributed by atoms with van der Waals surface area (Å²) in [6.07, 6.45) is 2.78. The van der Waals surface area contributed by atoms with E-state index in [4.69, 9.17) is 19.2 Å². The van der Waals surface area contributed by atoms with Gasteiger partial charge in [0.2, 0.25) is 0 Å². The van der Waals surface area contributed by atoms with E-state index in [1.807, 2.05) is 43.3 Å². The molecule has 3 aromatic carbocycles. The molecule has 0 unspecified atom stereocenters. The fourth-order valence-electron chi connectivity index (χ4n) is 4.20. The van der Waals surface area contributed by atoms with Crippen LogP contribution in [0.3, 0.4) is 0 Å². The molecule has 172 valence electrons. The van der Waals surface area contributed by atoms with Crippen molar-refractivity contribution in [3.63, 3.8) is 0 Å². The molecule has 0 amide bonds. The summed E-state index contributed by atoms with van der Waals surface area (Å²) in [4.78, 5) is 21.3. The molecular formula is C28H30O5. The van der Waals surface area contributed by atoms with Gasteiger partial charge in [0.1, 0.15) is 23.9 Å². The summed E-state index contributed by atoms with van der Waals surface area (Å²) in [6, 6.07) is 18.0. The van der Waals surface area contributed by atoms with Crippen molar-refractivity contribution >= 4 is 5.97 Å². The van der Waals surface area contributed by atoms with E-state index >= 15 is 0 Å². The van der Waals surface area contributed by atoms with Gasteiger partial charge in [-0.05, 0) is 67.5 Å². The number of hydrogen-bond acceptors (Lipinski definition) is 5. The van der Waals surface area contributed by atoms with Crippen LogP contribution in [0.1, 0.15) is 60.9 Å². The van der Waals surface area contributed by atoms with E-state index in [9.17, 15) is 4.79 Å². The van der Waals surface area contributed by atoms with E-state index in [-0.39, 0.29) is 5.92 Å². The number of benzene rings is 3. The number of fused-ring (bicyclic) bond motifs is 1. The Morgan fingerprint density at radius 1 is 0.970 bits per heavy atom. The monoisotopic (exact) mass is 446 g/mol. The predicted molar refractivity (Wildman–Crippen MR) is 127 cm³/mol. The number of carbonyl (C=O) groups is 1. The minimum atomic E-state index is -0.476. The van der Waals surface area contributed by atoms with Gasteiger partial charge in [0.05, 0.1) is 0 Å². The van der Waals surface area contributed by atoms with Gasteiger partial charge in [-0.1, -0.05) is 44.2 Å². The molecule has 0 heterocycles. The highest BCUT2D eigenvalue weighted by molar-refractivity contribution is 5.65. The van der Waals surface area contributed by atoms with Crippen molar-refractivity contribution in [2.75, 3.05) is 0 Å². The quantitative estimate of drug-likeness (QED) is 0.280. The third-order valence-corrected chi connectivity index (χ3v) is 5.80. The first-order valence-electron chi connectivity index (χ1n) is 11.4. The maximum absolute atomic E-state index is 11.2. The predicted octanol–water partition coefficient (Wildman–Crippen LogP) is 6.84. The summed E-state index contributed by atoms with van der Waals surface area (Å²) in [5, 5.41) is 0. The smallest absolute Gasteiger partial charge is 0.352 e. The Bertz CT molecular complexity index is 1130. The van der Waals surface area contributed by atoms with Crippen molar-refractivity contribution < 1.29 is 24.0 Å². The summed E-state index contributed by atoms with van der Waals surface area (Å²) >= 11 is 0. The minimum absolute atomic E-state index is 0.283. The van der Waals surface area contributed by atoms with Crippen LogP contribution < -0.4 is 14.4 Å². The average Bonchev–Trinajstić information content (AvgIpc) is 3.29. The maximum atomic E-state index is 11.2. The number of rotatable bonds is 8. The first-order valence-corrected chi connectivity index (χ1v) is 11.4. The third-order valence-electron chi connectivity index (χ3n) is 5.80. The van der Waals surface area contributed by atoms with Gasteiger partial charge in [0, 0.05) is 23.6 Å². The molecule has 0 spiro atoms. The highest BCUT2D eigenvalue weighted by Crippen LogP contribution is 2.42. The van der Waals surface area contributed by atoms with Gasteiger partial charge in [-0.25, -0.2) is 4.79 Å². The molecule has 0 aromatic heterocycles. The third kappa shape index (κ3) is 5.30. The highest BCUT2D eigenvalue weighted by atomic mass is 17.2. The van der Waals surface area contributed by atoms with Gasteiger partial charge in [0.15, 0.2) is 5.75 Å². The highest BCUT2D eigenvalue weighted by Gasteiger charge is 2.24. The second kappa shape index (κ2) is 9.99. The van der Waals surface area contributed by atoms with Crippen LogP contribution in [-0.2, 0) is 29.1 Å². The fourth-order valence-corrected chi connectivity index (χ4v) is 4.20. The van der Waals surface area contributed by atoms with Gasteiger partial charge in [-0.3, -0.25) is 9.78 Å². The van der Waals surface area contributed by atoms with Crippen LogP contribution >= 0.6 is 0 Å². The maximum Gasteiger partial charge on any atom is 0.352 e. The minimum Gasteiger partial charge on any atom is -0.489 e. The second-order valence-electron chi connectivity index (χ2n) is 8.72. The molecule has 4 rings (SSSR count). The molecule has 33 heavy (non-hydrogen) atoms. The van der Waals surface area contributed by atoms with Crippen LogP contribution in [0.5, 0.6) is 23.0 Å². The molecule has 0 N–H and O–H groups in total. The van der Waals surface area contributed by atoms with E-state index in [1.165, 1.54) is 6.92 Å². The Morgan fingerprint density at radius 3 is 2.45 bits per heavy atom. The van der Waals surface area contributed by atoms with Gasteiger partial charge >= 0.3 is 5.97 Å². The molecule has 0 bridgehead atoms. The summed E-state index contributed by atoms with van der Waals surface area (Å²) in [6.45, 7) is 8.13. The Labute approximate surface area is 195 Å². The lowest BCUT2D eigenvalue weighted by Gasteiger charge is -2.19. The van der Waals surface area contributed by atoms with Crippen molar-refractivity contribution in [1.29, 1.82) is 0 Å². The Morgan fingerprint density at radius 2 is 1.73 bits per heavy atom. The van der Waals surface area contributed by atoms with Crippen LogP contribution in [0, 0.1) is 6.92 Å². The number of aryl methyl sites for hydroxylation is 1. The average molecular weight is 447 g/mol. The van der Waals surface area contributed by atoms with Crippen molar-refractivity contribution in [2.24, 2.45) is 0 Å². The lowest BCUT2D eigenvalue weighted by molar-refractivity contribution is -0.211. The Balaban J connectivity index is 1.58. The first-order chi connectivity index (χ1) is 15.9. The zero-order valence-electron chi connectivity index (χ0n) is 19.6. The van der Waals surface area contributed by atoms with E-state index in [0.717, 1.165) is 64.3 Å². The Hall–Kier alpha value is -3.47. The second-order valence-corrected chi connectivity index (χ2v) is 8.72. The molecule has 0 radical (unpaired) electrons. The van der Waals surface area contributed by atoms with Crippen LogP contribution in [-0.4, -0.2) is 5.97 Å². The van der Waals surface area contributed by atoms with E-state index < -0.39 is 5.97 Å². The summed E-state index contributed by atoms with van der Waals surface area (Å²) in [5.74, 6) is 2.89. The van der Waals surface area contributed by atoms with Crippen molar-refractivity contribution in [2.45, 2.75) is 59.5 Å². The lowest BCUT2D eigenvalue weighted by Crippen LogP contribution is -2.06. The van der Waals surface area contributed by atoms with Gasteiger partial charge in [0.25, 0.3) is 0 Å². The molecule has 0 saturated carbocycles. The molecule has 0 fully saturated rings. The summed E-state index contributed by atoms with van der Waals surface area (Å²) < 4.78 is 12.6. The van der Waals surface area contributed by atoms with Crippen molar-refractivity contribution in [3.05, 3.63) is 82.4 Å². The normalized spacial score (nSPS) is 12.4. The fraction of sp³-hybridized carbons (Fsp3) is 0.321. The van der Waals surface area contributed by atoms with Crippen LogP contribution in [0.15, 0.2) is 54.6 Å².